The molecular weight excluding hydrogens is 677 g/mol. The summed E-state index contributed by atoms with van der Waals surface area (Å²) in [5, 5.41) is 8.91. The fourth-order valence-corrected chi connectivity index (χ4v) is 10.5. The fraction of sp³-hybridized carbons (Fsp3) is 0.957. The van der Waals surface area contributed by atoms with Gasteiger partial charge in [0, 0.05) is 11.5 Å². The molecule has 0 fully saturated rings. The lowest BCUT2D eigenvalue weighted by Crippen LogP contribution is -1.85. The van der Waals surface area contributed by atoms with Crippen LogP contribution in [0.5, 0.6) is 0 Å². The van der Waals surface area contributed by atoms with Gasteiger partial charge in [-0.15, -0.1) is 10.2 Å². The Hall–Kier alpha value is 0.260. The van der Waals surface area contributed by atoms with Gasteiger partial charge in [-0.2, -0.15) is 0 Å². The van der Waals surface area contributed by atoms with Crippen LogP contribution in [0.15, 0.2) is 8.68 Å². The molecule has 0 unspecified atom stereocenters. The molecule has 1 rings (SSSR count). The largest absolute Gasteiger partial charge is 0.175 e. The molecule has 0 aliphatic heterocycles. The Labute approximate surface area is 334 Å². The second-order valence-corrected chi connectivity index (χ2v) is 19.6. The molecule has 1 heterocycles. The summed E-state index contributed by atoms with van der Waals surface area (Å²) in [4.78, 5) is 0. The zero-order chi connectivity index (χ0) is 36.4. The van der Waals surface area contributed by atoms with Crippen molar-refractivity contribution in [1.82, 2.24) is 10.2 Å². The van der Waals surface area contributed by atoms with Gasteiger partial charge in [-0.3, -0.25) is 0 Å². The first-order valence-corrected chi connectivity index (χ1v) is 26.2. The topological polar surface area (TPSA) is 25.8 Å². The molecule has 302 valence electrons. The van der Waals surface area contributed by atoms with Crippen molar-refractivity contribution in [1.29, 1.82) is 0 Å². The molecule has 0 saturated heterocycles. The van der Waals surface area contributed by atoms with Crippen LogP contribution in [-0.2, 0) is 0 Å². The summed E-state index contributed by atoms with van der Waals surface area (Å²) in [5.74, 6) is 2.41. The molecule has 0 aromatic carbocycles. The van der Waals surface area contributed by atoms with E-state index in [0.29, 0.717) is 0 Å². The first kappa shape index (κ1) is 49.3. The highest BCUT2D eigenvalue weighted by Gasteiger charge is 2.06. The monoisotopic (exact) mass is 767 g/mol. The smallest absolute Gasteiger partial charge is 0.131 e. The summed E-state index contributed by atoms with van der Waals surface area (Å²) < 4.78 is 2.36. The van der Waals surface area contributed by atoms with Crippen LogP contribution in [0.25, 0.3) is 0 Å². The highest BCUT2D eigenvalue weighted by atomic mass is 32.2. The first-order valence-electron chi connectivity index (χ1n) is 23.5. The number of hydrogen-bond acceptors (Lipinski definition) is 5. The maximum Gasteiger partial charge on any atom is 0.175 e. The molecule has 1 aromatic rings. The van der Waals surface area contributed by atoms with Crippen LogP contribution in [0.2, 0.25) is 0 Å². The fourth-order valence-electron chi connectivity index (χ4n) is 7.35. The highest BCUT2D eigenvalue weighted by molar-refractivity contribution is 8.03. The Morgan fingerprint density at radius 2 is 0.451 bits per heavy atom. The molecule has 1 aromatic heterocycles. The van der Waals surface area contributed by atoms with Gasteiger partial charge >= 0.3 is 0 Å². The minimum Gasteiger partial charge on any atom is -0.131 e. The second-order valence-electron chi connectivity index (χ2n) is 16.0. The average Bonchev–Trinajstić information content (AvgIpc) is 3.60. The van der Waals surface area contributed by atoms with E-state index < -0.39 is 0 Å². The number of nitrogens with zero attached hydrogens (tertiary/aromatic N) is 2. The van der Waals surface area contributed by atoms with Crippen LogP contribution in [0, 0.1) is 0 Å². The van der Waals surface area contributed by atoms with Gasteiger partial charge in [-0.1, -0.05) is 293 Å². The van der Waals surface area contributed by atoms with Crippen molar-refractivity contribution in [3.05, 3.63) is 0 Å². The molecule has 0 aliphatic rings. The van der Waals surface area contributed by atoms with Crippen LogP contribution in [-0.4, -0.2) is 21.7 Å². The molecular formula is C46H90N2S3. The SMILES string of the molecule is CCCCCCCCCCCCCCCCCCCCCCSc1nnc(SCCCCCCCCCCCCCCCCCCCCCC)s1. The van der Waals surface area contributed by atoms with Gasteiger partial charge in [0.25, 0.3) is 0 Å². The second kappa shape index (κ2) is 43.0. The maximum absolute atomic E-state index is 4.45. The number of thioether (sulfide) groups is 2. The van der Waals surface area contributed by atoms with Crippen molar-refractivity contribution < 1.29 is 0 Å². The van der Waals surface area contributed by atoms with Crippen molar-refractivity contribution >= 4 is 34.9 Å². The highest BCUT2D eigenvalue weighted by Crippen LogP contribution is 2.30. The summed E-state index contributed by atoms with van der Waals surface area (Å²) in [7, 11) is 0. The van der Waals surface area contributed by atoms with Gasteiger partial charge in [-0.05, 0) is 12.8 Å². The van der Waals surface area contributed by atoms with Crippen molar-refractivity contribution in [3.8, 4) is 0 Å². The van der Waals surface area contributed by atoms with E-state index in [2.05, 4.69) is 24.0 Å². The molecule has 51 heavy (non-hydrogen) atoms. The molecule has 0 N–H and O–H groups in total. The Morgan fingerprint density at radius 3 is 0.647 bits per heavy atom. The maximum atomic E-state index is 4.45. The summed E-state index contributed by atoms with van der Waals surface area (Å²) in [6, 6.07) is 0. The van der Waals surface area contributed by atoms with E-state index in [0.717, 1.165) is 0 Å². The quantitative estimate of drug-likeness (QED) is 0.0488. The van der Waals surface area contributed by atoms with Gasteiger partial charge in [-0.25, -0.2) is 0 Å². The van der Waals surface area contributed by atoms with Crippen LogP contribution in [0.4, 0.5) is 0 Å². The predicted molar refractivity (Wildman–Crippen MR) is 237 cm³/mol. The number of rotatable bonds is 44. The van der Waals surface area contributed by atoms with Gasteiger partial charge < -0.3 is 0 Å². The molecule has 2 nitrogen and oxygen atoms in total. The Bertz CT molecular complexity index is 709. The third-order valence-electron chi connectivity index (χ3n) is 10.8. The third kappa shape index (κ3) is 38.3. The third-order valence-corrected chi connectivity index (χ3v) is 14.2. The first-order chi connectivity index (χ1) is 25.4. The summed E-state index contributed by atoms with van der Waals surface area (Å²) in [5.41, 5.74) is 0. The van der Waals surface area contributed by atoms with E-state index in [9.17, 15) is 0 Å². The molecule has 0 spiro atoms. The molecule has 0 saturated carbocycles. The average molecular weight is 767 g/mol. The minimum absolute atomic E-state index is 1.18. The van der Waals surface area contributed by atoms with Crippen molar-refractivity contribution in [3.63, 3.8) is 0 Å². The van der Waals surface area contributed by atoms with E-state index in [1.54, 1.807) is 0 Å². The summed E-state index contributed by atoms with van der Waals surface area (Å²) in [6.07, 6.45) is 57.9. The van der Waals surface area contributed by atoms with Crippen LogP contribution in [0.3, 0.4) is 0 Å². The minimum atomic E-state index is 1.18. The van der Waals surface area contributed by atoms with E-state index in [1.807, 2.05) is 34.9 Å². The lowest BCUT2D eigenvalue weighted by atomic mass is 10.0. The Morgan fingerprint density at radius 1 is 0.275 bits per heavy atom. The molecule has 5 heteroatoms. The molecule has 0 aliphatic carbocycles. The van der Waals surface area contributed by atoms with Crippen LogP contribution in [0.1, 0.15) is 271 Å². The Kier molecular flexibility index (Phi) is 41.5. The summed E-state index contributed by atoms with van der Waals surface area (Å²) in [6.45, 7) is 4.61. The molecule has 0 radical (unpaired) electrons. The van der Waals surface area contributed by atoms with E-state index >= 15 is 0 Å². The standard InChI is InChI=1S/C46H90N2S3/c1-3-5-7-9-11-13-15-17-19-21-23-25-27-29-31-33-35-37-39-41-43-49-45-47-48-46(51-45)50-44-42-40-38-36-34-32-30-28-26-24-22-20-18-16-14-12-10-8-6-4-2/h3-44H2,1-2H3. The van der Waals surface area contributed by atoms with Gasteiger partial charge in [0.15, 0.2) is 8.68 Å². The zero-order valence-corrected chi connectivity index (χ0v) is 37.3. The van der Waals surface area contributed by atoms with Gasteiger partial charge in [0.1, 0.15) is 0 Å². The Balaban J connectivity index is 1.74. The number of unbranched alkanes of at least 4 members (excludes halogenated alkanes) is 38. The number of hydrogen-bond donors (Lipinski definition) is 0. The van der Waals surface area contributed by atoms with Crippen molar-refractivity contribution in [2.24, 2.45) is 0 Å². The van der Waals surface area contributed by atoms with Crippen LogP contribution < -0.4 is 0 Å². The molecule has 0 amide bonds. The van der Waals surface area contributed by atoms with E-state index in [4.69, 9.17) is 0 Å². The lowest BCUT2D eigenvalue weighted by Gasteiger charge is -2.04. The van der Waals surface area contributed by atoms with E-state index in [-0.39, 0.29) is 0 Å². The van der Waals surface area contributed by atoms with Crippen molar-refractivity contribution in [2.45, 2.75) is 279 Å². The van der Waals surface area contributed by atoms with Gasteiger partial charge in [0.2, 0.25) is 0 Å². The summed E-state index contributed by atoms with van der Waals surface area (Å²) >= 11 is 5.68. The lowest BCUT2D eigenvalue weighted by molar-refractivity contribution is 0.523. The predicted octanol–water partition coefficient (Wildman–Crippen LogP) is 18.4. The van der Waals surface area contributed by atoms with E-state index in [1.165, 1.54) is 277 Å². The van der Waals surface area contributed by atoms with Gasteiger partial charge in [0.05, 0.1) is 0 Å². The normalized spacial score (nSPS) is 11.6. The molecule has 0 bridgehead atoms. The van der Waals surface area contributed by atoms with Crippen LogP contribution >= 0.6 is 34.9 Å². The zero-order valence-electron chi connectivity index (χ0n) is 34.8. The van der Waals surface area contributed by atoms with Crippen molar-refractivity contribution in [2.75, 3.05) is 11.5 Å². The molecule has 0 atom stereocenters. The number of aromatic nitrogens is 2.